The predicted octanol–water partition coefficient (Wildman–Crippen LogP) is 2.86. The Balaban J connectivity index is 1.58. The van der Waals surface area contributed by atoms with Crippen LogP contribution in [-0.2, 0) is 11.3 Å². The van der Waals surface area contributed by atoms with Gasteiger partial charge in [0.05, 0.1) is 6.04 Å². The number of aromatic nitrogens is 1. The molecule has 6 heteroatoms. The third-order valence-corrected chi connectivity index (χ3v) is 4.44. The first-order valence-electron chi connectivity index (χ1n) is 7.40. The van der Waals surface area contributed by atoms with Crippen LogP contribution in [-0.4, -0.2) is 23.7 Å². The summed E-state index contributed by atoms with van der Waals surface area (Å²) in [6.07, 6.45) is 5.27. The van der Waals surface area contributed by atoms with Crippen LogP contribution in [0.25, 0.3) is 0 Å². The lowest BCUT2D eigenvalue weighted by molar-refractivity contribution is -0.00747. The highest BCUT2D eigenvalue weighted by atomic mass is 32.1. The zero-order valence-electron chi connectivity index (χ0n) is 12.2. The molecule has 0 aromatic carbocycles. The summed E-state index contributed by atoms with van der Waals surface area (Å²) < 4.78 is 5.86. The maximum absolute atomic E-state index is 12.1. The SMILES string of the molecule is O=C(NCc1ccsc1)N[C@H]1CCCO[C@@H]1c1ccncc1. The van der Waals surface area contributed by atoms with Gasteiger partial charge in [-0.3, -0.25) is 4.98 Å². The second-order valence-corrected chi connectivity index (χ2v) is 6.06. The Morgan fingerprint density at radius 3 is 3.00 bits per heavy atom. The lowest BCUT2D eigenvalue weighted by Crippen LogP contribution is -2.46. The fraction of sp³-hybridized carbons (Fsp3) is 0.375. The molecule has 2 amide bonds. The first-order valence-corrected chi connectivity index (χ1v) is 8.34. The molecule has 0 unspecified atom stereocenters. The Labute approximate surface area is 133 Å². The minimum absolute atomic E-state index is 0.0152. The topological polar surface area (TPSA) is 63.2 Å². The van der Waals surface area contributed by atoms with Gasteiger partial charge in [-0.25, -0.2) is 4.79 Å². The average molecular weight is 317 g/mol. The third kappa shape index (κ3) is 3.84. The molecular formula is C16H19N3O2S. The van der Waals surface area contributed by atoms with Crippen molar-refractivity contribution < 1.29 is 9.53 Å². The summed E-state index contributed by atoms with van der Waals surface area (Å²) in [5, 5.41) is 9.97. The van der Waals surface area contributed by atoms with Crippen molar-refractivity contribution in [1.82, 2.24) is 15.6 Å². The third-order valence-electron chi connectivity index (χ3n) is 3.71. The summed E-state index contributed by atoms with van der Waals surface area (Å²) in [5.41, 5.74) is 2.17. The number of amides is 2. The van der Waals surface area contributed by atoms with Crippen molar-refractivity contribution in [2.24, 2.45) is 0 Å². The van der Waals surface area contributed by atoms with Gasteiger partial charge >= 0.3 is 6.03 Å². The Kier molecular flexibility index (Phi) is 5.03. The molecule has 3 rings (SSSR count). The van der Waals surface area contributed by atoms with Crippen LogP contribution in [0.1, 0.15) is 30.1 Å². The molecule has 0 spiro atoms. The van der Waals surface area contributed by atoms with Gasteiger partial charge in [0, 0.05) is 25.5 Å². The normalized spacial score (nSPS) is 21.3. The molecule has 0 bridgehead atoms. The first-order chi connectivity index (χ1) is 10.8. The van der Waals surface area contributed by atoms with Crippen LogP contribution in [0.5, 0.6) is 0 Å². The highest BCUT2D eigenvalue weighted by Gasteiger charge is 2.28. The van der Waals surface area contributed by atoms with Crippen molar-refractivity contribution in [3.63, 3.8) is 0 Å². The Morgan fingerprint density at radius 1 is 1.36 bits per heavy atom. The second kappa shape index (κ2) is 7.38. The molecule has 0 saturated carbocycles. The quantitative estimate of drug-likeness (QED) is 0.911. The van der Waals surface area contributed by atoms with Crippen LogP contribution >= 0.6 is 11.3 Å². The predicted molar refractivity (Wildman–Crippen MR) is 85.6 cm³/mol. The monoisotopic (exact) mass is 317 g/mol. The van der Waals surface area contributed by atoms with E-state index in [9.17, 15) is 4.79 Å². The molecule has 2 N–H and O–H groups in total. The van der Waals surface area contributed by atoms with Gasteiger partial charge in [-0.1, -0.05) is 0 Å². The van der Waals surface area contributed by atoms with Crippen LogP contribution in [0.2, 0.25) is 0 Å². The standard InChI is InChI=1S/C16H19N3O2S/c20-16(18-10-12-5-9-22-11-12)19-14-2-1-8-21-15(14)13-3-6-17-7-4-13/h3-7,9,11,14-15H,1-2,8,10H2,(H2,18,19,20)/t14-,15+/m0/s1. The number of pyridine rings is 1. The number of hydrogen-bond acceptors (Lipinski definition) is 4. The molecule has 116 valence electrons. The van der Waals surface area contributed by atoms with Crippen molar-refractivity contribution in [2.75, 3.05) is 6.61 Å². The average Bonchev–Trinajstić information content (AvgIpc) is 3.08. The zero-order valence-corrected chi connectivity index (χ0v) is 13.0. The van der Waals surface area contributed by atoms with E-state index in [0.717, 1.165) is 30.6 Å². The number of hydrogen-bond donors (Lipinski definition) is 2. The van der Waals surface area contributed by atoms with Gasteiger partial charge in [-0.05, 0) is 52.9 Å². The van der Waals surface area contributed by atoms with E-state index in [-0.39, 0.29) is 18.2 Å². The molecule has 0 aliphatic carbocycles. The maximum atomic E-state index is 12.1. The van der Waals surface area contributed by atoms with E-state index in [1.165, 1.54) is 0 Å². The lowest BCUT2D eigenvalue weighted by atomic mass is 9.97. The van der Waals surface area contributed by atoms with Crippen molar-refractivity contribution in [3.05, 3.63) is 52.5 Å². The van der Waals surface area contributed by atoms with E-state index >= 15 is 0 Å². The fourth-order valence-corrected chi connectivity index (χ4v) is 3.27. The fourth-order valence-electron chi connectivity index (χ4n) is 2.61. The van der Waals surface area contributed by atoms with Gasteiger partial charge in [-0.2, -0.15) is 11.3 Å². The summed E-state index contributed by atoms with van der Waals surface area (Å²) in [6, 6.07) is 5.72. The molecule has 2 atom stereocenters. The van der Waals surface area contributed by atoms with Crippen LogP contribution in [0.15, 0.2) is 41.4 Å². The number of thiophene rings is 1. The Hall–Kier alpha value is -1.92. The number of nitrogens with zero attached hydrogens (tertiary/aromatic N) is 1. The van der Waals surface area contributed by atoms with E-state index in [0.29, 0.717) is 6.54 Å². The number of rotatable bonds is 4. The zero-order chi connectivity index (χ0) is 15.2. The molecular weight excluding hydrogens is 298 g/mol. The van der Waals surface area contributed by atoms with E-state index in [1.807, 2.05) is 29.0 Å². The van der Waals surface area contributed by atoms with E-state index in [1.54, 1.807) is 23.7 Å². The second-order valence-electron chi connectivity index (χ2n) is 5.28. The number of urea groups is 1. The van der Waals surface area contributed by atoms with Crippen molar-refractivity contribution in [1.29, 1.82) is 0 Å². The smallest absolute Gasteiger partial charge is 0.315 e. The lowest BCUT2D eigenvalue weighted by Gasteiger charge is -2.32. The molecule has 1 aliphatic rings. The molecule has 1 aliphatic heterocycles. The van der Waals surface area contributed by atoms with Gasteiger partial charge in [0.25, 0.3) is 0 Å². The number of carbonyl (C=O) groups excluding carboxylic acids is 1. The van der Waals surface area contributed by atoms with Crippen LogP contribution < -0.4 is 10.6 Å². The number of ether oxygens (including phenoxy) is 1. The number of nitrogens with one attached hydrogen (secondary N) is 2. The number of carbonyl (C=O) groups is 1. The first kappa shape index (κ1) is 15.0. The molecule has 22 heavy (non-hydrogen) atoms. The van der Waals surface area contributed by atoms with Crippen LogP contribution in [0, 0.1) is 0 Å². The van der Waals surface area contributed by atoms with E-state index in [2.05, 4.69) is 15.6 Å². The molecule has 1 saturated heterocycles. The largest absolute Gasteiger partial charge is 0.371 e. The highest BCUT2D eigenvalue weighted by molar-refractivity contribution is 7.07. The van der Waals surface area contributed by atoms with Gasteiger partial charge in [0.15, 0.2) is 0 Å². The molecule has 1 fully saturated rings. The van der Waals surface area contributed by atoms with Crippen molar-refractivity contribution in [2.45, 2.75) is 31.5 Å². The van der Waals surface area contributed by atoms with Gasteiger partial charge in [0.2, 0.25) is 0 Å². The summed E-state index contributed by atoms with van der Waals surface area (Å²) in [6.45, 7) is 1.27. The summed E-state index contributed by atoms with van der Waals surface area (Å²) in [4.78, 5) is 16.1. The Morgan fingerprint density at radius 2 is 2.23 bits per heavy atom. The summed E-state index contributed by atoms with van der Waals surface area (Å²) in [7, 11) is 0. The minimum Gasteiger partial charge on any atom is -0.371 e. The maximum Gasteiger partial charge on any atom is 0.315 e. The van der Waals surface area contributed by atoms with Crippen molar-refractivity contribution in [3.8, 4) is 0 Å². The van der Waals surface area contributed by atoms with E-state index < -0.39 is 0 Å². The minimum atomic E-state index is -0.152. The van der Waals surface area contributed by atoms with Crippen molar-refractivity contribution >= 4 is 17.4 Å². The van der Waals surface area contributed by atoms with Gasteiger partial charge in [-0.15, -0.1) is 0 Å². The molecule has 2 aromatic rings. The molecule has 0 radical (unpaired) electrons. The van der Waals surface area contributed by atoms with Gasteiger partial charge < -0.3 is 15.4 Å². The molecule has 3 heterocycles. The molecule has 5 nitrogen and oxygen atoms in total. The highest BCUT2D eigenvalue weighted by Crippen LogP contribution is 2.27. The summed E-state index contributed by atoms with van der Waals surface area (Å²) in [5.74, 6) is 0. The van der Waals surface area contributed by atoms with Crippen LogP contribution in [0.4, 0.5) is 4.79 Å². The van der Waals surface area contributed by atoms with E-state index in [4.69, 9.17) is 4.74 Å². The van der Waals surface area contributed by atoms with Crippen LogP contribution in [0.3, 0.4) is 0 Å². The van der Waals surface area contributed by atoms with Gasteiger partial charge in [0.1, 0.15) is 6.10 Å². The summed E-state index contributed by atoms with van der Waals surface area (Å²) >= 11 is 1.63. The molecule has 2 aromatic heterocycles. The Bertz CT molecular complexity index is 589.